The molecule has 132 valence electrons. The van der Waals surface area contributed by atoms with Gasteiger partial charge in [-0.2, -0.15) is 0 Å². The van der Waals surface area contributed by atoms with Crippen molar-refractivity contribution in [3.8, 4) is 0 Å². The van der Waals surface area contributed by atoms with Crippen LogP contribution in [0.3, 0.4) is 0 Å². The highest BCUT2D eigenvalue weighted by molar-refractivity contribution is 6.14. The second kappa shape index (κ2) is 7.04. The Hall–Kier alpha value is -2.70. The van der Waals surface area contributed by atoms with Gasteiger partial charge in [-0.15, -0.1) is 0 Å². The van der Waals surface area contributed by atoms with E-state index < -0.39 is 29.7 Å². The monoisotopic (exact) mass is 344 g/mol. The number of hydrogen-bond acceptors (Lipinski definition) is 6. The van der Waals surface area contributed by atoms with Gasteiger partial charge in [0.25, 0.3) is 0 Å². The number of rotatable bonds is 4. The quantitative estimate of drug-likeness (QED) is 0.601. The van der Waals surface area contributed by atoms with Crippen LogP contribution in [0.5, 0.6) is 0 Å². The predicted molar refractivity (Wildman–Crippen MR) is 88.8 cm³/mol. The molecule has 3 rings (SSSR count). The van der Waals surface area contributed by atoms with E-state index in [-0.39, 0.29) is 5.91 Å². The minimum Gasteiger partial charge on any atom is -0.468 e. The van der Waals surface area contributed by atoms with E-state index in [9.17, 15) is 14.4 Å². The zero-order chi connectivity index (χ0) is 18.0. The number of aliphatic imine (C=N–C) groups is 1. The third-order valence-electron chi connectivity index (χ3n) is 4.71. The fourth-order valence-corrected chi connectivity index (χ4v) is 3.59. The number of carbonyl (C=O) groups is 3. The van der Waals surface area contributed by atoms with Crippen molar-refractivity contribution in [2.45, 2.75) is 12.3 Å². The first-order chi connectivity index (χ1) is 12.1. The van der Waals surface area contributed by atoms with Gasteiger partial charge in [-0.1, -0.05) is 30.3 Å². The van der Waals surface area contributed by atoms with Crippen LogP contribution in [0, 0.1) is 11.8 Å². The zero-order valence-corrected chi connectivity index (χ0v) is 14.2. The lowest BCUT2D eigenvalue weighted by Crippen LogP contribution is -2.40. The summed E-state index contributed by atoms with van der Waals surface area (Å²) in [7, 11) is 2.39. The number of ether oxygens (including phenoxy) is 2. The van der Waals surface area contributed by atoms with E-state index >= 15 is 0 Å². The fourth-order valence-electron chi connectivity index (χ4n) is 3.59. The summed E-state index contributed by atoms with van der Waals surface area (Å²) in [6.45, 7) is 1.16. The van der Waals surface area contributed by atoms with Gasteiger partial charge in [0.05, 0.1) is 26.1 Å². The first-order valence-corrected chi connectivity index (χ1v) is 8.16. The zero-order valence-electron chi connectivity index (χ0n) is 14.2. The van der Waals surface area contributed by atoms with Crippen molar-refractivity contribution >= 4 is 23.7 Å². The smallest absolute Gasteiger partial charge is 0.320 e. The molecule has 7 nitrogen and oxygen atoms in total. The van der Waals surface area contributed by atoms with E-state index in [1.54, 1.807) is 4.90 Å². The molecule has 0 N–H and O–H groups in total. The number of nitrogens with zero attached hydrogens (tertiary/aromatic N) is 2. The van der Waals surface area contributed by atoms with Gasteiger partial charge in [-0.25, -0.2) is 0 Å². The Labute approximate surface area is 145 Å². The minimum absolute atomic E-state index is 0.284. The van der Waals surface area contributed by atoms with Crippen LogP contribution in [0.15, 0.2) is 35.3 Å². The molecule has 7 heteroatoms. The Morgan fingerprint density at radius 2 is 1.80 bits per heavy atom. The first kappa shape index (κ1) is 17.1. The van der Waals surface area contributed by atoms with Crippen molar-refractivity contribution < 1.29 is 23.9 Å². The highest BCUT2D eigenvalue weighted by Gasteiger charge is 2.55. The van der Waals surface area contributed by atoms with E-state index in [1.807, 2.05) is 30.3 Å². The number of benzene rings is 1. The summed E-state index contributed by atoms with van der Waals surface area (Å²) in [6.07, 6.45) is 0.755. The van der Waals surface area contributed by atoms with Gasteiger partial charge in [0.2, 0.25) is 5.91 Å². The van der Waals surface area contributed by atoms with Crippen LogP contribution in [0.1, 0.15) is 17.9 Å². The number of hydrogen-bond donors (Lipinski definition) is 0. The molecular formula is C18H20N2O5. The molecule has 0 spiro atoms. The minimum atomic E-state index is -1.32. The largest absolute Gasteiger partial charge is 0.468 e. The van der Waals surface area contributed by atoms with Gasteiger partial charge in [-0.3, -0.25) is 24.3 Å². The maximum Gasteiger partial charge on any atom is 0.320 e. The summed E-state index contributed by atoms with van der Waals surface area (Å²) >= 11 is 0. The summed E-state index contributed by atoms with van der Waals surface area (Å²) in [5.41, 5.74) is 0.835. The Balaban J connectivity index is 2.12. The third kappa shape index (κ3) is 2.90. The van der Waals surface area contributed by atoms with Crippen molar-refractivity contribution in [1.29, 1.82) is 0 Å². The highest BCUT2D eigenvalue weighted by atomic mass is 16.5. The second-order valence-corrected chi connectivity index (χ2v) is 6.02. The molecule has 0 saturated carbocycles. The summed E-state index contributed by atoms with van der Waals surface area (Å²) in [4.78, 5) is 43.7. The molecule has 1 fully saturated rings. The molecule has 2 aliphatic heterocycles. The molecule has 0 aliphatic carbocycles. The Morgan fingerprint density at radius 3 is 2.40 bits per heavy atom. The van der Waals surface area contributed by atoms with Crippen molar-refractivity contribution in [2.75, 3.05) is 27.3 Å². The maximum atomic E-state index is 13.0. The van der Waals surface area contributed by atoms with Crippen molar-refractivity contribution in [3.05, 3.63) is 35.9 Å². The average molecular weight is 344 g/mol. The number of esters is 2. The van der Waals surface area contributed by atoms with Crippen LogP contribution in [-0.2, 0) is 23.9 Å². The lowest BCUT2D eigenvalue weighted by atomic mass is 9.79. The predicted octanol–water partition coefficient (Wildman–Crippen LogP) is 0.993. The highest BCUT2D eigenvalue weighted by Crippen LogP contribution is 2.42. The number of fused-ring (bicyclic) bond motifs is 1. The molecule has 1 saturated heterocycles. The van der Waals surface area contributed by atoms with E-state index in [0.29, 0.717) is 18.9 Å². The summed E-state index contributed by atoms with van der Waals surface area (Å²) in [5.74, 6) is -3.92. The average Bonchev–Trinajstić information content (AvgIpc) is 2.95. The van der Waals surface area contributed by atoms with Gasteiger partial charge in [-0.05, 0) is 12.0 Å². The van der Waals surface area contributed by atoms with E-state index in [0.717, 1.165) is 12.0 Å². The Bertz CT molecular complexity index is 699. The van der Waals surface area contributed by atoms with E-state index in [2.05, 4.69) is 4.99 Å². The van der Waals surface area contributed by atoms with E-state index in [4.69, 9.17) is 9.47 Å². The maximum absolute atomic E-state index is 13.0. The standard InChI is InChI=1S/C18H20N2O5/c1-24-17(22)14(18(23)25-2)13-12(11-7-4-3-5-8-11)15-19-9-6-10-20(15)16(13)21/h3-5,7-8,12-14H,6,9-10H2,1-2H3. The number of carbonyl (C=O) groups excluding carboxylic acids is 3. The van der Waals surface area contributed by atoms with Crippen LogP contribution < -0.4 is 0 Å². The first-order valence-electron chi connectivity index (χ1n) is 8.16. The van der Waals surface area contributed by atoms with Gasteiger partial charge < -0.3 is 9.47 Å². The SMILES string of the molecule is COC(=O)C(C(=O)OC)C1C(=O)N2CCCN=C2C1c1ccccc1. The summed E-state index contributed by atoms with van der Waals surface area (Å²) in [5, 5.41) is 0. The number of amidine groups is 1. The molecule has 1 aromatic rings. The summed E-state index contributed by atoms with van der Waals surface area (Å²) < 4.78 is 9.57. The van der Waals surface area contributed by atoms with Crippen LogP contribution in [-0.4, -0.2) is 55.9 Å². The molecule has 2 unspecified atom stereocenters. The van der Waals surface area contributed by atoms with Crippen LogP contribution >= 0.6 is 0 Å². The molecule has 1 aromatic carbocycles. The van der Waals surface area contributed by atoms with Crippen LogP contribution in [0.2, 0.25) is 0 Å². The molecule has 2 aliphatic rings. The van der Waals surface area contributed by atoms with Crippen molar-refractivity contribution in [3.63, 3.8) is 0 Å². The topological polar surface area (TPSA) is 85.3 Å². The van der Waals surface area contributed by atoms with E-state index in [1.165, 1.54) is 14.2 Å². The normalized spacial score (nSPS) is 22.4. The molecule has 25 heavy (non-hydrogen) atoms. The second-order valence-electron chi connectivity index (χ2n) is 6.02. The molecule has 0 bridgehead atoms. The molecule has 2 heterocycles. The van der Waals surface area contributed by atoms with Gasteiger partial charge in [0.15, 0.2) is 5.92 Å². The van der Waals surface area contributed by atoms with Crippen LogP contribution in [0.25, 0.3) is 0 Å². The van der Waals surface area contributed by atoms with Gasteiger partial charge >= 0.3 is 11.9 Å². The van der Waals surface area contributed by atoms with Gasteiger partial charge in [0.1, 0.15) is 5.84 Å². The van der Waals surface area contributed by atoms with Crippen LogP contribution in [0.4, 0.5) is 0 Å². The molecule has 2 atom stereocenters. The van der Waals surface area contributed by atoms with Gasteiger partial charge in [0, 0.05) is 13.1 Å². The number of amides is 1. The molecule has 0 aromatic heterocycles. The van der Waals surface area contributed by atoms with Crippen molar-refractivity contribution in [1.82, 2.24) is 4.90 Å². The summed E-state index contributed by atoms with van der Waals surface area (Å²) in [6, 6.07) is 9.32. The fraction of sp³-hybridized carbons (Fsp3) is 0.444. The lowest BCUT2D eigenvalue weighted by Gasteiger charge is -2.23. The lowest BCUT2D eigenvalue weighted by molar-refractivity contribution is -0.164. The molecule has 1 amide bonds. The Morgan fingerprint density at radius 1 is 1.16 bits per heavy atom. The third-order valence-corrected chi connectivity index (χ3v) is 4.71. The van der Waals surface area contributed by atoms with Crippen molar-refractivity contribution in [2.24, 2.45) is 16.8 Å². The molecule has 0 radical (unpaired) electrons. The molecular weight excluding hydrogens is 324 g/mol. The Kier molecular flexibility index (Phi) is 4.83. The number of methoxy groups -OCH3 is 2.